The fraction of sp³-hybridized carbons (Fsp3) is 0.440. The Labute approximate surface area is 184 Å². The second kappa shape index (κ2) is 9.69. The van der Waals surface area contributed by atoms with Gasteiger partial charge in [-0.3, -0.25) is 0 Å². The lowest BCUT2D eigenvalue weighted by atomic mass is 9.76. The van der Waals surface area contributed by atoms with Crippen LogP contribution >= 0.6 is 0 Å². The van der Waals surface area contributed by atoms with Crippen LogP contribution in [0, 0.1) is 11.8 Å². The Kier molecular flexibility index (Phi) is 7.38. The molecule has 0 saturated heterocycles. The van der Waals surface area contributed by atoms with Gasteiger partial charge in [0.1, 0.15) is 0 Å². The molecule has 0 aliphatic heterocycles. The highest BCUT2D eigenvalue weighted by Gasteiger charge is 2.38. The van der Waals surface area contributed by atoms with E-state index in [2.05, 4.69) is 12.1 Å². The summed E-state index contributed by atoms with van der Waals surface area (Å²) >= 11 is 0. The lowest BCUT2D eigenvalue weighted by molar-refractivity contribution is -0.861. The van der Waals surface area contributed by atoms with Crippen LogP contribution in [0.25, 0.3) is 5.57 Å². The smallest absolute Gasteiger partial charge is 0.339 e. The van der Waals surface area contributed by atoms with Gasteiger partial charge in [-0.25, -0.2) is 0 Å². The summed E-state index contributed by atoms with van der Waals surface area (Å²) in [6.45, 7) is 0.644. The Morgan fingerprint density at radius 3 is 2.00 bits per heavy atom. The molecule has 32 heavy (non-hydrogen) atoms. The Hall–Kier alpha value is -2.28. The molecule has 0 bridgehead atoms. The molecule has 0 aromatic heterocycles. The Bertz CT molecular complexity index is 895. The molecule has 0 fully saturated rings. The van der Waals surface area contributed by atoms with Gasteiger partial charge in [-0.1, -0.05) is 36.4 Å². The number of halogens is 6. The number of hydrogen-bond acceptors (Lipinski definition) is 0. The molecule has 2 aromatic carbocycles. The molecule has 1 aliphatic rings. The molecular weight excluding hydrogens is 428 g/mol. The van der Waals surface area contributed by atoms with Crippen LogP contribution in [-0.2, 0) is 18.8 Å². The summed E-state index contributed by atoms with van der Waals surface area (Å²) in [6, 6.07) is 12.0. The quantitative estimate of drug-likeness (QED) is 0.516. The van der Waals surface area contributed by atoms with Crippen LogP contribution in [0.2, 0.25) is 0 Å². The van der Waals surface area contributed by atoms with E-state index in [9.17, 15) is 26.3 Å². The molecule has 7 heteroatoms. The van der Waals surface area contributed by atoms with Crippen LogP contribution in [0.3, 0.4) is 0 Å². The number of rotatable bonds is 6. The Morgan fingerprint density at radius 2 is 1.47 bits per heavy atom. The van der Waals surface area contributed by atoms with Crippen molar-refractivity contribution < 1.29 is 31.2 Å². The third kappa shape index (κ3) is 6.37. The molecule has 1 nitrogen and oxygen atoms in total. The standard InChI is InChI=1S/C25H27F6N/c1-32(2)16-20-12-18(9-8-17-6-4-3-5-7-17)10-11-23(20)19-13-21(24(26,27)28)15-22(14-19)25(29,30)31/h3-7,11,13-15,18,20H,8-10,12,16H2,1-2H3/p+1. The second-order valence-corrected chi connectivity index (χ2v) is 8.92. The fourth-order valence-corrected chi connectivity index (χ4v) is 4.50. The molecule has 0 radical (unpaired) electrons. The molecule has 2 atom stereocenters. The average molecular weight is 456 g/mol. The van der Waals surface area contributed by atoms with Gasteiger partial charge in [-0.2, -0.15) is 26.3 Å². The van der Waals surface area contributed by atoms with Crippen molar-refractivity contribution in [3.63, 3.8) is 0 Å². The highest BCUT2D eigenvalue weighted by molar-refractivity contribution is 5.69. The summed E-state index contributed by atoms with van der Waals surface area (Å²) in [5.74, 6) is 0.246. The second-order valence-electron chi connectivity index (χ2n) is 8.92. The first-order valence-corrected chi connectivity index (χ1v) is 10.8. The lowest BCUT2D eigenvalue weighted by Gasteiger charge is -2.31. The molecular formula is C25H28F6N+. The van der Waals surface area contributed by atoms with Gasteiger partial charge in [0.15, 0.2) is 0 Å². The maximum atomic E-state index is 13.3. The van der Waals surface area contributed by atoms with Crippen molar-refractivity contribution in [2.45, 2.75) is 38.0 Å². The zero-order valence-electron chi connectivity index (χ0n) is 18.2. The van der Waals surface area contributed by atoms with Gasteiger partial charge in [0.25, 0.3) is 0 Å². The summed E-state index contributed by atoms with van der Waals surface area (Å²) in [6.07, 6.45) is -4.58. The molecule has 2 unspecified atom stereocenters. The maximum absolute atomic E-state index is 13.3. The largest absolute Gasteiger partial charge is 0.416 e. The predicted octanol–water partition coefficient (Wildman–Crippen LogP) is 5.91. The Morgan fingerprint density at radius 1 is 0.875 bits per heavy atom. The van der Waals surface area contributed by atoms with E-state index in [1.165, 1.54) is 5.56 Å². The third-order valence-electron chi connectivity index (χ3n) is 5.99. The normalized spacial score (nSPS) is 19.8. The van der Waals surface area contributed by atoms with Gasteiger partial charge in [0, 0.05) is 5.92 Å². The first kappa shape index (κ1) is 24.4. The molecule has 1 aliphatic carbocycles. The van der Waals surface area contributed by atoms with Crippen LogP contribution in [0.4, 0.5) is 26.3 Å². The number of hydrogen-bond donors (Lipinski definition) is 1. The highest BCUT2D eigenvalue weighted by Crippen LogP contribution is 2.42. The van der Waals surface area contributed by atoms with Crippen LogP contribution in [0.5, 0.6) is 0 Å². The molecule has 0 saturated carbocycles. The van der Waals surface area contributed by atoms with Crippen molar-refractivity contribution in [3.8, 4) is 0 Å². The minimum atomic E-state index is -4.84. The number of nitrogens with one attached hydrogen (secondary N) is 1. The van der Waals surface area contributed by atoms with Crippen LogP contribution in [-0.4, -0.2) is 20.6 Å². The van der Waals surface area contributed by atoms with E-state index < -0.39 is 23.5 Å². The fourth-order valence-electron chi connectivity index (χ4n) is 4.50. The maximum Gasteiger partial charge on any atom is 0.416 e. The van der Waals surface area contributed by atoms with Gasteiger partial charge in [-0.05, 0) is 66.5 Å². The van der Waals surface area contributed by atoms with Gasteiger partial charge < -0.3 is 4.90 Å². The van der Waals surface area contributed by atoms with Crippen LogP contribution < -0.4 is 4.90 Å². The van der Waals surface area contributed by atoms with Crippen LogP contribution in [0.1, 0.15) is 41.5 Å². The summed E-state index contributed by atoms with van der Waals surface area (Å²) in [5, 5.41) is 0. The summed E-state index contributed by atoms with van der Waals surface area (Å²) in [4.78, 5) is 1.10. The van der Waals surface area contributed by atoms with Crippen molar-refractivity contribution in [1.29, 1.82) is 0 Å². The number of alkyl halides is 6. The van der Waals surface area contributed by atoms with Crippen molar-refractivity contribution in [2.75, 3.05) is 20.6 Å². The summed E-state index contributed by atoms with van der Waals surface area (Å²) in [7, 11) is 3.89. The van der Waals surface area contributed by atoms with E-state index in [0.29, 0.717) is 24.5 Å². The summed E-state index contributed by atoms with van der Waals surface area (Å²) < 4.78 is 80.1. The van der Waals surface area contributed by atoms with E-state index in [1.807, 2.05) is 38.4 Å². The van der Waals surface area contributed by atoms with Gasteiger partial charge >= 0.3 is 12.4 Å². The Balaban J connectivity index is 1.91. The monoisotopic (exact) mass is 456 g/mol. The molecule has 0 spiro atoms. The zero-order valence-corrected chi connectivity index (χ0v) is 18.2. The summed E-state index contributed by atoms with van der Waals surface area (Å²) in [5.41, 5.74) is -0.667. The number of quaternary nitrogens is 1. The minimum Gasteiger partial charge on any atom is -0.339 e. The first-order valence-electron chi connectivity index (χ1n) is 10.8. The minimum absolute atomic E-state index is 0.0277. The van der Waals surface area contributed by atoms with Crippen molar-refractivity contribution in [2.24, 2.45) is 11.8 Å². The predicted molar refractivity (Wildman–Crippen MR) is 113 cm³/mol. The molecule has 174 valence electrons. The van der Waals surface area contributed by atoms with Gasteiger partial charge in [-0.15, -0.1) is 0 Å². The zero-order chi connectivity index (χ0) is 23.5. The van der Waals surface area contributed by atoms with E-state index in [-0.39, 0.29) is 17.5 Å². The highest BCUT2D eigenvalue weighted by atomic mass is 19.4. The molecule has 0 amide bonds. The van der Waals surface area contributed by atoms with Gasteiger partial charge in [0.2, 0.25) is 0 Å². The molecule has 3 rings (SSSR count). The van der Waals surface area contributed by atoms with E-state index in [1.54, 1.807) is 0 Å². The van der Waals surface area contributed by atoms with E-state index >= 15 is 0 Å². The topological polar surface area (TPSA) is 4.44 Å². The molecule has 2 aromatic rings. The van der Waals surface area contributed by atoms with Crippen LogP contribution in [0.15, 0.2) is 54.6 Å². The molecule has 0 heterocycles. The van der Waals surface area contributed by atoms with E-state index in [4.69, 9.17) is 0 Å². The number of aryl methyl sites for hydroxylation is 1. The number of allylic oxidation sites excluding steroid dienone is 1. The van der Waals surface area contributed by atoms with E-state index in [0.717, 1.165) is 36.3 Å². The van der Waals surface area contributed by atoms with Gasteiger partial charge in [0.05, 0.1) is 31.8 Å². The lowest BCUT2D eigenvalue weighted by Crippen LogP contribution is -3.06. The third-order valence-corrected chi connectivity index (χ3v) is 5.99. The number of benzene rings is 2. The van der Waals surface area contributed by atoms with Crippen molar-refractivity contribution >= 4 is 5.57 Å². The first-order chi connectivity index (χ1) is 14.9. The van der Waals surface area contributed by atoms with Crippen molar-refractivity contribution in [1.82, 2.24) is 0 Å². The SMILES string of the molecule is C[NH+](C)CC1CC(CCc2ccccc2)CC=C1c1cc(C(F)(F)F)cc(C(F)(F)F)c1. The molecule has 1 N–H and O–H groups in total. The van der Waals surface area contributed by atoms with Crippen molar-refractivity contribution in [3.05, 3.63) is 76.9 Å². The average Bonchev–Trinajstić information content (AvgIpc) is 2.71.